The SMILES string of the molecule is NC(=O)C1=CN([C@@H]2O[C@H](COP(=O)([O-])OP(=O)([O-])OC[C@H]3O[C@@H](n4cnc5c(N)ncnc54)[C@H](OP(=O)([O-])[O-])[C@@H]3O)[C@@H](O)[C@H]2O)CC=C1. The van der Waals surface area contributed by atoms with Gasteiger partial charge in [0.05, 0.1) is 32.9 Å². The van der Waals surface area contributed by atoms with E-state index in [4.69, 9.17) is 20.9 Å². The summed E-state index contributed by atoms with van der Waals surface area (Å²) in [5, 5.41) is 31.4. The lowest BCUT2D eigenvalue weighted by molar-refractivity contribution is -0.347. The Morgan fingerprint density at radius 1 is 0.958 bits per heavy atom. The van der Waals surface area contributed by atoms with Gasteiger partial charge in [0.2, 0.25) is 5.91 Å². The number of nitrogens with zero attached hydrogens (tertiary/aromatic N) is 5. The first kappa shape index (κ1) is 36.5. The van der Waals surface area contributed by atoms with Crippen molar-refractivity contribution in [1.29, 1.82) is 0 Å². The van der Waals surface area contributed by atoms with Crippen molar-refractivity contribution in [1.82, 2.24) is 24.4 Å². The van der Waals surface area contributed by atoms with Crippen molar-refractivity contribution in [3.05, 3.63) is 36.6 Å². The second kappa shape index (κ2) is 13.9. The average Bonchev–Trinajstić information content (AvgIpc) is 3.64. The first-order valence-corrected chi connectivity index (χ1v) is 17.8. The second-order valence-electron chi connectivity index (χ2n) is 10.3. The molecular weight excluding hydrogens is 715 g/mol. The van der Waals surface area contributed by atoms with Crippen LogP contribution in [-0.2, 0) is 45.8 Å². The number of phosphoric ester groups is 3. The molecule has 0 aliphatic carbocycles. The summed E-state index contributed by atoms with van der Waals surface area (Å²) >= 11 is 0. The number of carbonyl (C=O) groups excluding carboxylic acids is 1. The number of amides is 1. The number of hydrogen-bond donors (Lipinski definition) is 5. The van der Waals surface area contributed by atoms with Gasteiger partial charge in [-0.15, -0.1) is 0 Å². The first-order valence-electron chi connectivity index (χ1n) is 13.4. The Hall–Kier alpha value is -2.73. The number of hydrogen-bond acceptors (Lipinski definition) is 22. The summed E-state index contributed by atoms with van der Waals surface area (Å²) in [5.41, 5.74) is 11.0. The standard InChI is InChI=1S/C21H30N7O17P3/c22-17-12-19(25-7-24-17)28(8-26-12)21-16(44-46(33,34)35)14(30)11(43-21)6-41-48(38,39)45-47(36,37)40-5-10-13(29)15(31)20(42-10)27-3-1-2-9(4-27)18(23)32/h1-2,4,7-8,10-11,13-16,20-21,29-31H,3,5-6H2,(H2,23,32)(H,36,37)(H,38,39)(H2,22,24,25)(H2,33,34,35)/p-4/t10-,11-,13-,14-,15-,16-,20-,21-/m1/s1. The molecule has 0 saturated carbocycles. The van der Waals surface area contributed by atoms with Crippen LogP contribution in [0.5, 0.6) is 0 Å². The van der Waals surface area contributed by atoms with E-state index in [1.165, 1.54) is 23.3 Å². The number of aromatic nitrogens is 4. The van der Waals surface area contributed by atoms with E-state index in [0.29, 0.717) is 0 Å². The Bertz CT molecular complexity index is 1740. The summed E-state index contributed by atoms with van der Waals surface area (Å²) in [6.07, 6.45) is -7.48. The molecule has 3 aliphatic rings. The lowest BCUT2D eigenvalue weighted by Gasteiger charge is -2.34. The van der Waals surface area contributed by atoms with Gasteiger partial charge in [-0.05, 0) is 0 Å². The fourth-order valence-electron chi connectivity index (χ4n) is 4.94. The summed E-state index contributed by atoms with van der Waals surface area (Å²) in [7, 11) is -17.4. The van der Waals surface area contributed by atoms with Crippen LogP contribution in [-0.4, -0.2) is 108 Å². The lowest BCUT2D eigenvalue weighted by Crippen LogP contribution is -2.42. The van der Waals surface area contributed by atoms with Crippen molar-refractivity contribution < 1.29 is 80.7 Å². The van der Waals surface area contributed by atoms with Crippen LogP contribution < -0.4 is 31.0 Å². The molecule has 0 aromatic carbocycles. The summed E-state index contributed by atoms with van der Waals surface area (Å²) in [6.45, 7) is -2.14. The number of anilines is 1. The fourth-order valence-corrected chi connectivity index (χ4v) is 7.48. The van der Waals surface area contributed by atoms with Gasteiger partial charge in [-0.3, -0.25) is 18.5 Å². The highest BCUT2D eigenvalue weighted by Gasteiger charge is 2.48. The van der Waals surface area contributed by atoms with Crippen molar-refractivity contribution in [3.8, 4) is 0 Å². The van der Waals surface area contributed by atoms with Crippen molar-refractivity contribution in [2.24, 2.45) is 5.73 Å². The van der Waals surface area contributed by atoms with E-state index >= 15 is 0 Å². The molecular formula is C21H26N7O17P3-4. The van der Waals surface area contributed by atoms with E-state index in [-0.39, 0.29) is 29.1 Å². The minimum absolute atomic E-state index is 0.0170. The van der Waals surface area contributed by atoms with Gasteiger partial charge in [0.1, 0.15) is 48.5 Å². The van der Waals surface area contributed by atoms with Crippen LogP contribution in [0.4, 0.5) is 5.82 Å². The highest BCUT2D eigenvalue weighted by molar-refractivity contribution is 7.59. The van der Waals surface area contributed by atoms with Crippen molar-refractivity contribution >= 4 is 46.4 Å². The number of imidazole rings is 1. The summed E-state index contributed by atoms with van der Waals surface area (Å²) in [6, 6.07) is 0. The van der Waals surface area contributed by atoms with E-state index in [0.717, 1.165) is 17.2 Å². The Kier molecular flexibility index (Phi) is 10.6. The lowest BCUT2D eigenvalue weighted by atomic mass is 10.1. The molecule has 2 saturated heterocycles. The zero-order valence-corrected chi connectivity index (χ0v) is 26.6. The van der Waals surface area contributed by atoms with Crippen LogP contribution in [0.25, 0.3) is 11.2 Å². The largest absolute Gasteiger partial charge is 0.790 e. The maximum atomic E-state index is 12.4. The predicted molar refractivity (Wildman–Crippen MR) is 144 cm³/mol. The third-order valence-electron chi connectivity index (χ3n) is 7.09. The number of fused-ring (bicyclic) bond motifs is 1. The van der Waals surface area contributed by atoms with Crippen molar-refractivity contribution in [3.63, 3.8) is 0 Å². The predicted octanol–water partition coefficient (Wildman–Crippen LogP) is -5.44. The minimum atomic E-state index is -5.86. The maximum Gasteiger partial charge on any atom is 0.274 e. The van der Waals surface area contributed by atoms with Gasteiger partial charge >= 0.3 is 0 Å². The first-order chi connectivity index (χ1) is 22.4. The number of ether oxygens (including phenoxy) is 2. The fraction of sp³-hybridized carbons (Fsp3) is 0.524. The molecule has 3 aliphatic heterocycles. The quantitative estimate of drug-likeness (QED) is 0.120. The number of aliphatic hydroxyl groups excluding tert-OH is 3. The summed E-state index contributed by atoms with van der Waals surface area (Å²) < 4.78 is 65.6. The van der Waals surface area contributed by atoms with Gasteiger partial charge < -0.3 is 78.9 Å². The molecule has 266 valence electrons. The number of rotatable bonds is 13. The highest BCUT2D eigenvalue weighted by Crippen LogP contribution is 2.56. The van der Waals surface area contributed by atoms with E-state index < -0.39 is 91.7 Å². The van der Waals surface area contributed by atoms with Crippen LogP contribution in [0, 0.1) is 0 Å². The number of nitrogen functional groups attached to an aromatic ring is 1. The van der Waals surface area contributed by atoms with Crippen LogP contribution in [0.1, 0.15) is 6.23 Å². The number of phosphoric acid groups is 3. The Labute approximate surface area is 268 Å². The van der Waals surface area contributed by atoms with Gasteiger partial charge in [-0.1, -0.05) is 12.2 Å². The van der Waals surface area contributed by atoms with Gasteiger partial charge in [0.25, 0.3) is 15.6 Å². The molecule has 48 heavy (non-hydrogen) atoms. The third-order valence-corrected chi connectivity index (χ3v) is 10.1. The molecule has 0 spiro atoms. The normalized spacial score (nSPS) is 31.9. The molecule has 5 rings (SSSR count). The molecule has 24 nitrogen and oxygen atoms in total. The van der Waals surface area contributed by atoms with E-state index in [2.05, 4.69) is 32.8 Å². The molecule has 7 N–H and O–H groups in total. The summed E-state index contributed by atoms with van der Waals surface area (Å²) in [4.78, 5) is 71.9. The molecule has 2 unspecified atom stereocenters. The second-order valence-corrected chi connectivity index (χ2v) is 14.4. The number of primary amides is 1. The van der Waals surface area contributed by atoms with Crippen molar-refractivity contribution in [2.75, 3.05) is 25.5 Å². The molecule has 2 fully saturated rings. The monoisotopic (exact) mass is 741 g/mol. The van der Waals surface area contributed by atoms with Gasteiger partial charge in [0.15, 0.2) is 23.9 Å². The van der Waals surface area contributed by atoms with Gasteiger partial charge in [-0.25, -0.2) is 19.3 Å². The van der Waals surface area contributed by atoms with Gasteiger partial charge in [0, 0.05) is 12.7 Å². The molecule has 2 aromatic rings. The molecule has 10 atom stereocenters. The zero-order chi connectivity index (χ0) is 35.2. The topological polar surface area (TPSA) is 375 Å². The van der Waals surface area contributed by atoms with E-state index in [1.807, 2.05) is 0 Å². The maximum absolute atomic E-state index is 12.4. The Morgan fingerprint density at radius 2 is 1.58 bits per heavy atom. The van der Waals surface area contributed by atoms with Gasteiger partial charge in [-0.2, -0.15) is 0 Å². The molecule has 27 heteroatoms. The van der Waals surface area contributed by atoms with Crippen LogP contribution in [0.2, 0.25) is 0 Å². The molecule has 5 heterocycles. The van der Waals surface area contributed by atoms with Crippen LogP contribution in [0.3, 0.4) is 0 Å². The minimum Gasteiger partial charge on any atom is -0.790 e. The smallest absolute Gasteiger partial charge is 0.274 e. The number of aliphatic hydroxyl groups is 3. The zero-order valence-electron chi connectivity index (χ0n) is 23.9. The van der Waals surface area contributed by atoms with E-state index in [1.54, 1.807) is 0 Å². The third kappa shape index (κ3) is 8.17. The molecule has 0 radical (unpaired) electrons. The Morgan fingerprint density at radius 3 is 2.21 bits per heavy atom. The molecule has 1 amide bonds. The van der Waals surface area contributed by atoms with E-state index in [9.17, 15) is 53.4 Å². The van der Waals surface area contributed by atoms with Crippen LogP contribution >= 0.6 is 23.5 Å². The highest BCUT2D eigenvalue weighted by atomic mass is 31.3. The summed E-state index contributed by atoms with van der Waals surface area (Å²) in [5.74, 6) is -0.884. The molecule has 0 bridgehead atoms. The Balaban J connectivity index is 1.20. The molecule has 2 aromatic heterocycles. The number of nitrogens with two attached hydrogens (primary N) is 2. The van der Waals surface area contributed by atoms with Crippen LogP contribution in [0.15, 0.2) is 36.6 Å². The van der Waals surface area contributed by atoms with Crippen molar-refractivity contribution in [2.45, 2.75) is 49.1 Å². The number of carbonyl (C=O) groups is 1. The average molecular weight is 741 g/mol.